The van der Waals surface area contributed by atoms with Crippen LogP contribution < -0.4 is 4.74 Å². The summed E-state index contributed by atoms with van der Waals surface area (Å²) in [6.07, 6.45) is 3.91. The van der Waals surface area contributed by atoms with Crippen molar-refractivity contribution < 1.29 is 24.2 Å². The molecule has 1 saturated heterocycles. The highest BCUT2D eigenvalue weighted by molar-refractivity contribution is 5.85. The van der Waals surface area contributed by atoms with Crippen molar-refractivity contribution in [2.75, 3.05) is 13.1 Å². The van der Waals surface area contributed by atoms with Crippen LogP contribution in [0.4, 0.5) is 4.79 Å². The van der Waals surface area contributed by atoms with Gasteiger partial charge >= 0.3 is 12.1 Å². The number of hydrogen-bond donors (Lipinski definition) is 1. The topological polar surface area (TPSA) is 76.1 Å². The molecule has 0 atom stereocenters. The van der Waals surface area contributed by atoms with Crippen LogP contribution in [-0.2, 0) is 9.53 Å². The van der Waals surface area contributed by atoms with E-state index in [1.54, 1.807) is 4.90 Å². The van der Waals surface area contributed by atoms with Crippen LogP contribution in [0.15, 0.2) is 30.3 Å². The van der Waals surface area contributed by atoms with Crippen molar-refractivity contribution in [3.8, 4) is 5.75 Å². The van der Waals surface area contributed by atoms with E-state index in [1.165, 1.54) is 6.08 Å². The van der Waals surface area contributed by atoms with Gasteiger partial charge in [0, 0.05) is 32.0 Å². The van der Waals surface area contributed by atoms with Gasteiger partial charge in [0.05, 0.1) is 0 Å². The molecule has 1 aromatic carbocycles. The molecule has 2 rings (SSSR count). The zero-order chi connectivity index (χ0) is 18.4. The summed E-state index contributed by atoms with van der Waals surface area (Å²) in [5, 5.41) is 8.62. The van der Waals surface area contributed by atoms with Crippen LogP contribution in [0, 0.1) is 0 Å². The van der Waals surface area contributed by atoms with Crippen molar-refractivity contribution in [3.63, 3.8) is 0 Å². The van der Waals surface area contributed by atoms with Crippen molar-refractivity contribution >= 4 is 18.1 Å². The van der Waals surface area contributed by atoms with E-state index in [2.05, 4.69) is 0 Å². The Morgan fingerprint density at radius 3 is 2.28 bits per heavy atom. The first-order valence-electron chi connectivity index (χ1n) is 8.38. The number of likely N-dealkylation sites (tertiary alicyclic amines) is 1. The van der Waals surface area contributed by atoms with Crippen LogP contribution in [0.25, 0.3) is 6.08 Å². The molecule has 1 aliphatic heterocycles. The molecule has 0 saturated carbocycles. The fraction of sp³-hybridized carbons (Fsp3) is 0.474. The molecular weight excluding hydrogens is 322 g/mol. The van der Waals surface area contributed by atoms with Crippen molar-refractivity contribution in [2.45, 2.75) is 45.3 Å². The minimum Gasteiger partial charge on any atom is -0.490 e. The molecule has 1 amide bonds. The van der Waals surface area contributed by atoms with Gasteiger partial charge in [0.25, 0.3) is 0 Å². The summed E-state index contributed by atoms with van der Waals surface area (Å²) in [4.78, 5) is 24.3. The Morgan fingerprint density at radius 1 is 1.16 bits per heavy atom. The van der Waals surface area contributed by atoms with E-state index in [1.807, 2.05) is 45.0 Å². The van der Waals surface area contributed by atoms with Crippen LogP contribution in [0.5, 0.6) is 5.75 Å². The van der Waals surface area contributed by atoms with Gasteiger partial charge in [-0.05, 0) is 44.5 Å². The molecule has 0 unspecified atom stereocenters. The van der Waals surface area contributed by atoms with Crippen LogP contribution >= 0.6 is 0 Å². The van der Waals surface area contributed by atoms with E-state index >= 15 is 0 Å². The van der Waals surface area contributed by atoms with Crippen LogP contribution in [0.3, 0.4) is 0 Å². The zero-order valence-corrected chi connectivity index (χ0v) is 14.9. The molecule has 0 aromatic heterocycles. The number of carboxylic acid groups (broad SMARTS) is 1. The third kappa shape index (κ3) is 6.49. The second kappa shape index (κ2) is 8.05. The van der Waals surface area contributed by atoms with Crippen molar-refractivity contribution in [3.05, 3.63) is 35.9 Å². The Morgan fingerprint density at radius 2 is 1.76 bits per heavy atom. The highest BCUT2D eigenvalue weighted by atomic mass is 16.6. The Kier molecular flexibility index (Phi) is 6.07. The molecule has 6 heteroatoms. The van der Waals surface area contributed by atoms with Gasteiger partial charge in [-0.25, -0.2) is 9.59 Å². The Bertz CT molecular complexity index is 622. The Labute approximate surface area is 148 Å². The van der Waals surface area contributed by atoms with Gasteiger partial charge in [-0.15, -0.1) is 0 Å². The first kappa shape index (κ1) is 18.8. The average molecular weight is 347 g/mol. The predicted octanol–water partition coefficient (Wildman–Crippen LogP) is 3.56. The maximum Gasteiger partial charge on any atom is 0.410 e. The lowest BCUT2D eigenvalue weighted by atomic mass is 10.1. The summed E-state index contributed by atoms with van der Waals surface area (Å²) in [6, 6.07) is 7.26. The van der Waals surface area contributed by atoms with Crippen LogP contribution in [-0.4, -0.2) is 46.9 Å². The Hall–Kier alpha value is -2.50. The summed E-state index contributed by atoms with van der Waals surface area (Å²) in [7, 11) is 0. The van der Waals surface area contributed by atoms with Crippen LogP contribution in [0.1, 0.15) is 39.2 Å². The van der Waals surface area contributed by atoms with Gasteiger partial charge in [-0.3, -0.25) is 0 Å². The lowest BCUT2D eigenvalue weighted by molar-refractivity contribution is -0.131. The van der Waals surface area contributed by atoms with Gasteiger partial charge in [-0.2, -0.15) is 0 Å². The van der Waals surface area contributed by atoms with E-state index in [0.29, 0.717) is 13.1 Å². The van der Waals surface area contributed by atoms with Crippen molar-refractivity contribution in [1.29, 1.82) is 0 Å². The number of piperidine rings is 1. The number of hydrogen-bond acceptors (Lipinski definition) is 4. The van der Waals surface area contributed by atoms with E-state index in [-0.39, 0.29) is 12.2 Å². The normalized spacial score (nSPS) is 16.0. The zero-order valence-electron chi connectivity index (χ0n) is 14.9. The first-order chi connectivity index (χ1) is 11.7. The number of carbonyl (C=O) groups excluding carboxylic acids is 1. The van der Waals surface area contributed by atoms with Crippen molar-refractivity contribution in [1.82, 2.24) is 4.90 Å². The van der Waals surface area contributed by atoms with Gasteiger partial charge in [0.15, 0.2) is 0 Å². The summed E-state index contributed by atoms with van der Waals surface area (Å²) in [5.74, 6) is -0.236. The molecule has 1 fully saturated rings. The third-order valence-corrected chi connectivity index (χ3v) is 3.69. The molecular formula is C19H25NO5. The monoisotopic (exact) mass is 347 g/mol. The van der Waals surface area contributed by atoms with E-state index in [0.717, 1.165) is 30.2 Å². The number of aliphatic carboxylic acids is 1. The summed E-state index contributed by atoms with van der Waals surface area (Å²) >= 11 is 0. The SMILES string of the molecule is CC(C)(C)OC(=O)N1CCC(Oc2ccc(C=CC(=O)O)cc2)CC1. The largest absolute Gasteiger partial charge is 0.490 e. The molecule has 1 N–H and O–H groups in total. The highest BCUT2D eigenvalue weighted by Gasteiger charge is 2.27. The number of rotatable bonds is 4. The molecule has 1 heterocycles. The first-order valence-corrected chi connectivity index (χ1v) is 8.38. The number of nitrogens with zero attached hydrogens (tertiary/aromatic N) is 1. The summed E-state index contributed by atoms with van der Waals surface area (Å²) in [5.41, 5.74) is 0.316. The molecule has 1 aliphatic rings. The summed E-state index contributed by atoms with van der Waals surface area (Å²) in [6.45, 7) is 6.79. The average Bonchev–Trinajstić information content (AvgIpc) is 2.53. The molecule has 0 aliphatic carbocycles. The van der Waals surface area contributed by atoms with Gasteiger partial charge in [0.1, 0.15) is 17.5 Å². The fourth-order valence-electron chi connectivity index (χ4n) is 2.50. The number of amides is 1. The lowest BCUT2D eigenvalue weighted by Gasteiger charge is -2.33. The predicted molar refractivity (Wildman–Crippen MR) is 94.6 cm³/mol. The third-order valence-electron chi connectivity index (χ3n) is 3.69. The maximum absolute atomic E-state index is 12.0. The molecule has 25 heavy (non-hydrogen) atoms. The standard InChI is InChI=1S/C19H25NO5/c1-19(2,3)25-18(23)20-12-10-16(11-13-20)24-15-7-4-14(5-8-15)6-9-17(21)22/h4-9,16H,10-13H2,1-3H3,(H,21,22). The summed E-state index contributed by atoms with van der Waals surface area (Å²) < 4.78 is 11.3. The van der Waals surface area contributed by atoms with Gasteiger partial charge in [0.2, 0.25) is 0 Å². The molecule has 136 valence electrons. The number of ether oxygens (including phenoxy) is 2. The number of benzene rings is 1. The molecule has 6 nitrogen and oxygen atoms in total. The van der Waals surface area contributed by atoms with E-state index < -0.39 is 11.6 Å². The number of carboxylic acids is 1. The van der Waals surface area contributed by atoms with Crippen molar-refractivity contribution in [2.24, 2.45) is 0 Å². The van der Waals surface area contributed by atoms with Gasteiger partial charge < -0.3 is 19.5 Å². The second-order valence-corrected chi connectivity index (χ2v) is 7.03. The lowest BCUT2D eigenvalue weighted by Crippen LogP contribution is -2.44. The van der Waals surface area contributed by atoms with E-state index in [4.69, 9.17) is 14.6 Å². The van der Waals surface area contributed by atoms with E-state index in [9.17, 15) is 9.59 Å². The highest BCUT2D eigenvalue weighted by Crippen LogP contribution is 2.21. The molecule has 0 radical (unpaired) electrons. The minimum atomic E-state index is -0.975. The maximum atomic E-state index is 12.0. The minimum absolute atomic E-state index is 0.0547. The number of carbonyl (C=O) groups is 2. The van der Waals surface area contributed by atoms with Crippen LogP contribution in [0.2, 0.25) is 0 Å². The molecule has 0 spiro atoms. The smallest absolute Gasteiger partial charge is 0.410 e. The second-order valence-electron chi connectivity index (χ2n) is 7.03. The fourth-order valence-corrected chi connectivity index (χ4v) is 2.50. The van der Waals surface area contributed by atoms with Gasteiger partial charge in [-0.1, -0.05) is 12.1 Å². The quantitative estimate of drug-likeness (QED) is 0.843. The molecule has 1 aromatic rings. The Balaban J connectivity index is 1.82. The molecule has 0 bridgehead atoms.